The molecule has 104 valence electrons. The molecule has 19 heavy (non-hydrogen) atoms. The van der Waals surface area contributed by atoms with E-state index in [2.05, 4.69) is 35.5 Å². The minimum Gasteiger partial charge on any atom is -0.323 e. The van der Waals surface area contributed by atoms with Crippen LogP contribution in [0, 0.1) is 0 Å². The zero-order valence-electron chi connectivity index (χ0n) is 11.7. The number of alkyl halides is 1. The van der Waals surface area contributed by atoms with E-state index in [0.717, 1.165) is 28.4 Å². The maximum atomic E-state index is 6.27. The topological polar surface area (TPSA) is 21.1 Å². The monoisotopic (exact) mass is 299 g/mol. The summed E-state index contributed by atoms with van der Waals surface area (Å²) in [6, 6.07) is 6.05. The summed E-state index contributed by atoms with van der Waals surface area (Å²) in [7, 11) is 4.12. The molecule has 2 atom stereocenters. The van der Waals surface area contributed by atoms with E-state index in [4.69, 9.17) is 23.2 Å². The van der Waals surface area contributed by atoms with Gasteiger partial charge in [-0.3, -0.25) is 0 Å². The number of hydrogen-bond donors (Lipinski definition) is 0. The second kappa shape index (κ2) is 5.70. The number of fused-ring (bicyclic) bond motifs is 1. The van der Waals surface area contributed by atoms with Gasteiger partial charge in [0, 0.05) is 17.6 Å². The van der Waals surface area contributed by atoms with Gasteiger partial charge in [-0.2, -0.15) is 0 Å². The highest BCUT2D eigenvalue weighted by molar-refractivity contribution is 6.31. The van der Waals surface area contributed by atoms with Gasteiger partial charge >= 0.3 is 0 Å². The maximum Gasteiger partial charge on any atom is 0.128 e. The molecule has 0 aliphatic rings. The van der Waals surface area contributed by atoms with Crippen LogP contribution in [0.4, 0.5) is 0 Å². The second-order valence-corrected chi connectivity index (χ2v) is 6.29. The van der Waals surface area contributed by atoms with Gasteiger partial charge in [0.25, 0.3) is 0 Å². The first-order chi connectivity index (χ1) is 8.90. The molecular weight excluding hydrogens is 281 g/mol. The number of likely N-dealkylation sites (N-methyl/N-ethyl adjacent to an activating group) is 1. The number of imidazole rings is 1. The molecule has 0 saturated heterocycles. The quantitative estimate of drug-likeness (QED) is 0.792. The lowest BCUT2D eigenvalue weighted by atomic mass is 10.2. The Morgan fingerprint density at radius 1 is 1.32 bits per heavy atom. The van der Waals surface area contributed by atoms with Crippen LogP contribution in [0.2, 0.25) is 5.02 Å². The van der Waals surface area contributed by atoms with Crippen molar-refractivity contribution >= 4 is 34.2 Å². The van der Waals surface area contributed by atoms with E-state index in [1.807, 2.05) is 25.1 Å². The zero-order chi connectivity index (χ0) is 14.2. The summed E-state index contributed by atoms with van der Waals surface area (Å²) in [5.41, 5.74) is 1.99. The Morgan fingerprint density at radius 2 is 2.00 bits per heavy atom. The van der Waals surface area contributed by atoms with Crippen molar-refractivity contribution in [1.29, 1.82) is 0 Å². The molecule has 1 aromatic carbocycles. The summed E-state index contributed by atoms with van der Waals surface area (Å²) in [6.07, 6.45) is 0. The molecule has 2 unspecified atom stereocenters. The minimum atomic E-state index is -0.129. The molecule has 2 rings (SSSR count). The van der Waals surface area contributed by atoms with E-state index in [9.17, 15) is 0 Å². The van der Waals surface area contributed by atoms with E-state index in [1.165, 1.54) is 0 Å². The summed E-state index contributed by atoms with van der Waals surface area (Å²) < 4.78 is 2.19. The van der Waals surface area contributed by atoms with Crippen molar-refractivity contribution in [1.82, 2.24) is 14.5 Å². The normalized spacial score (nSPS) is 15.1. The van der Waals surface area contributed by atoms with Gasteiger partial charge in [0.1, 0.15) is 5.82 Å². The SMILES string of the molecule is CC(Cl)c1nc2ccc(Cl)cc2n1C(C)CN(C)C. The Balaban J connectivity index is 2.59. The Hall–Kier alpha value is -0.770. The van der Waals surface area contributed by atoms with Crippen molar-refractivity contribution in [3.8, 4) is 0 Å². The third-order valence-corrected chi connectivity index (χ3v) is 3.54. The third-order valence-electron chi connectivity index (χ3n) is 3.10. The first-order valence-corrected chi connectivity index (χ1v) is 7.17. The molecule has 0 aliphatic carbocycles. The van der Waals surface area contributed by atoms with Gasteiger partial charge in [0.05, 0.1) is 16.4 Å². The molecular formula is C14H19Cl2N3. The highest BCUT2D eigenvalue weighted by Gasteiger charge is 2.19. The molecule has 0 amide bonds. The second-order valence-electron chi connectivity index (χ2n) is 5.20. The summed E-state index contributed by atoms with van der Waals surface area (Å²) in [5, 5.41) is 0.593. The molecule has 1 aromatic heterocycles. The van der Waals surface area contributed by atoms with Gasteiger partial charge in [-0.1, -0.05) is 11.6 Å². The number of aromatic nitrogens is 2. The smallest absolute Gasteiger partial charge is 0.128 e. The number of benzene rings is 1. The van der Waals surface area contributed by atoms with Crippen molar-refractivity contribution in [2.24, 2.45) is 0 Å². The molecule has 0 radical (unpaired) electrons. The van der Waals surface area contributed by atoms with Crippen molar-refractivity contribution in [2.45, 2.75) is 25.3 Å². The fourth-order valence-electron chi connectivity index (χ4n) is 2.44. The summed E-state index contributed by atoms with van der Waals surface area (Å²) >= 11 is 12.4. The van der Waals surface area contributed by atoms with Gasteiger partial charge in [0.2, 0.25) is 0 Å². The van der Waals surface area contributed by atoms with E-state index < -0.39 is 0 Å². The largest absolute Gasteiger partial charge is 0.323 e. The lowest BCUT2D eigenvalue weighted by Crippen LogP contribution is -2.23. The number of halogens is 2. The van der Waals surface area contributed by atoms with Crippen LogP contribution in [0.5, 0.6) is 0 Å². The minimum absolute atomic E-state index is 0.129. The van der Waals surface area contributed by atoms with Gasteiger partial charge in [-0.15, -0.1) is 11.6 Å². The Bertz CT molecular complexity index is 575. The van der Waals surface area contributed by atoms with Gasteiger partial charge < -0.3 is 9.47 Å². The molecule has 0 bridgehead atoms. The predicted octanol–water partition coefficient (Wildman–Crippen LogP) is 4.11. The molecule has 0 N–H and O–H groups in total. The lowest BCUT2D eigenvalue weighted by Gasteiger charge is -2.22. The van der Waals surface area contributed by atoms with Crippen LogP contribution in [0.15, 0.2) is 18.2 Å². The Labute approximate surface area is 124 Å². The van der Waals surface area contributed by atoms with Crippen LogP contribution >= 0.6 is 23.2 Å². The van der Waals surface area contributed by atoms with Crippen LogP contribution in [0.3, 0.4) is 0 Å². The Kier molecular flexibility index (Phi) is 4.39. The van der Waals surface area contributed by atoms with Crippen molar-refractivity contribution in [2.75, 3.05) is 20.6 Å². The highest BCUT2D eigenvalue weighted by Crippen LogP contribution is 2.29. The first kappa shape index (κ1) is 14.6. The summed E-state index contributed by atoms with van der Waals surface area (Å²) in [5.74, 6) is 0.897. The predicted molar refractivity (Wildman–Crippen MR) is 82.3 cm³/mol. The molecule has 3 nitrogen and oxygen atoms in total. The Morgan fingerprint density at radius 3 is 2.58 bits per heavy atom. The summed E-state index contributed by atoms with van der Waals surface area (Å²) in [4.78, 5) is 6.79. The van der Waals surface area contributed by atoms with Gasteiger partial charge in [0.15, 0.2) is 0 Å². The van der Waals surface area contributed by atoms with Crippen LogP contribution in [-0.2, 0) is 0 Å². The highest BCUT2D eigenvalue weighted by atomic mass is 35.5. The molecule has 5 heteroatoms. The average molecular weight is 300 g/mol. The molecule has 1 heterocycles. The average Bonchev–Trinajstić information content (AvgIpc) is 2.66. The van der Waals surface area contributed by atoms with Crippen molar-refractivity contribution in [3.05, 3.63) is 29.0 Å². The first-order valence-electron chi connectivity index (χ1n) is 6.36. The molecule has 0 saturated carbocycles. The van der Waals surface area contributed by atoms with Crippen LogP contribution in [-0.4, -0.2) is 35.1 Å². The molecule has 0 aliphatic heterocycles. The van der Waals surface area contributed by atoms with Crippen molar-refractivity contribution < 1.29 is 0 Å². The van der Waals surface area contributed by atoms with Crippen LogP contribution < -0.4 is 0 Å². The number of rotatable bonds is 4. The maximum absolute atomic E-state index is 6.27. The molecule has 0 fully saturated rings. The van der Waals surface area contributed by atoms with Crippen molar-refractivity contribution in [3.63, 3.8) is 0 Å². The van der Waals surface area contributed by atoms with Gasteiger partial charge in [-0.25, -0.2) is 4.98 Å². The molecule has 0 spiro atoms. The molecule has 2 aromatic rings. The number of nitrogens with zero attached hydrogens (tertiary/aromatic N) is 3. The van der Waals surface area contributed by atoms with Gasteiger partial charge in [-0.05, 0) is 46.1 Å². The van der Waals surface area contributed by atoms with Crippen LogP contribution in [0.1, 0.15) is 31.1 Å². The van der Waals surface area contributed by atoms with E-state index in [0.29, 0.717) is 0 Å². The fourth-order valence-corrected chi connectivity index (χ4v) is 2.76. The standard InChI is InChI=1S/C14H19Cl2N3/c1-9(8-18(3)4)19-13-7-11(16)5-6-12(13)17-14(19)10(2)15/h5-7,9-10H,8H2,1-4H3. The fraction of sp³-hybridized carbons (Fsp3) is 0.500. The van der Waals surface area contributed by atoms with E-state index >= 15 is 0 Å². The van der Waals surface area contributed by atoms with E-state index in [-0.39, 0.29) is 11.4 Å². The number of hydrogen-bond acceptors (Lipinski definition) is 2. The van der Waals surface area contributed by atoms with Crippen LogP contribution in [0.25, 0.3) is 11.0 Å². The summed E-state index contributed by atoms with van der Waals surface area (Å²) in [6.45, 7) is 5.04. The third kappa shape index (κ3) is 3.04. The lowest BCUT2D eigenvalue weighted by molar-refractivity contribution is 0.336. The van der Waals surface area contributed by atoms with E-state index in [1.54, 1.807) is 0 Å². The zero-order valence-corrected chi connectivity index (χ0v) is 13.2.